The first-order valence-electron chi connectivity index (χ1n) is 11.5. The Balaban J connectivity index is 1.51. The van der Waals surface area contributed by atoms with Gasteiger partial charge in [0, 0.05) is 31.0 Å². The molecule has 4 aromatic rings. The van der Waals surface area contributed by atoms with Gasteiger partial charge in [-0.3, -0.25) is 14.6 Å². The molecular weight excluding hydrogens is 459 g/mol. The van der Waals surface area contributed by atoms with Crippen LogP contribution in [-0.4, -0.2) is 32.2 Å². The van der Waals surface area contributed by atoms with Crippen LogP contribution in [0.1, 0.15) is 34.6 Å². The van der Waals surface area contributed by atoms with Crippen LogP contribution in [0.2, 0.25) is 0 Å². The van der Waals surface area contributed by atoms with Crippen molar-refractivity contribution in [2.24, 2.45) is 4.99 Å². The summed E-state index contributed by atoms with van der Waals surface area (Å²) in [5.74, 6) is -2.27. The average molecular weight is 483 g/mol. The molecule has 0 bridgehead atoms. The number of anilines is 1. The fraction of sp³-hybridized carbons (Fsp3) is 0.143. The zero-order valence-electron chi connectivity index (χ0n) is 19.3. The van der Waals surface area contributed by atoms with Gasteiger partial charge in [0.1, 0.15) is 11.7 Å². The molecule has 1 atom stereocenters. The first-order chi connectivity index (χ1) is 17.5. The number of aromatic nitrogens is 2. The minimum Gasteiger partial charge on any atom is -0.481 e. The van der Waals surface area contributed by atoms with E-state index in [9.17, 15) is 14.0 Å². The number of carbonyl (C=O) groups excluding carboxylic acids is 1. The number of amides is 1. The van der Waals surface area contributed by atoms with Crippen LogP contribution in [0.4, 0.5) is 15.8 Å². The lowest BCUT2D eigenvalue weighted by molar-refractivity contribution is -0.137. The van der Waals surface area contributed by atoms with Gasteiger partial charge in [-0.1, -0.05) is 42.5 Å². The Morgan fingerprint density at radius 1 is 1.06 bits per heavy atom. The van der Waals surface area contributed by atoms with E-state index in [1.54, 1.807) is 18.6 Å². The molecule has 5 rings (SSSR count). The van der Waals surface area contributed by atoms with Crippen LogP contribution in [0.15, 0.2) is 90.4 Å². The molecule has 0 aliphatic carbocycles. The number of benzene rings is 3. The normalized spacial score (nSPS) is 15.0. The molecule has 0 saturated heterocycles. The zero-order chi connectivity index (χ0) is 25.1. The Labute approximate surface area is 207 Å². The summed E-state index contributed by atoms with van der Waals surface area (Å²) in [4.78, 5) is 32.9. The maximum absolute atomic E-state index is 13.8. The number of imidazole rings is 1. The van der Waals surface area contributed by atoms with Gasteiger partial charge < -0.3 is 15.0 Å². The molecule has 1 aliphatic heterocycles. The highest BCUT2D eigenvalue weighted by Gasteiger charge is 2.35. The highest BCUT2D eigenvalue weighted by molar-refractivity contribution is 6.24. The Hall–Kier alpha value is -4.59. The summed E-state index contributed by atoms with van der Waals surface area (Å²) >= 11 is 0. The lowest BCUT2D eigenvalue weighted by atomic mass is 9.90. The van der Waals surface area contributed by atoms with E-state index in [4.69, 9.17) is 10.1 Å². The molecule has 1 aromatic heterocycles. The van der Waals surface area contributed by atoms with Crippen molar-refractivity contribution in [1.82, 2.24) is 9.55 Å². The molecule has 1 amide bonds. The SMILES string of the molecule is O=C(O)CCc1ccc(C(=Nc2ccc(Cn3ccnc3)cc2)C2C(=O)Nc3cc(F)ccc32)cc1. The number of aliphatic imine (C=N–C) groups is 1. The number of aryl methyl sites for hydroxylation is 1. The van der Waals surface area contributed by atoms with E-state index < -0.39 is 17.7 Å². The van der Waals surface area contributed by atoms with Crippen molar-refractivity contribution in [3.8, 4) is 0 Å². The lowest BCUT2D eigenvalue weighted by Gasteiger charge is -2.15. The standard InChI is InChI=1S/C28H23FN4O3/c29-21-8-11-23-24(15-21)32-28(36)26(23)27(20-6-1-18(2-7-20)5-12-25(34)35)31-22-9-3-19(4-10-22)16-33-14-13-30-17-33/h1-4,6-11,13-15,17,26H,5,12,16H2,(H,32,36)(H,34,35). The zero-order valence-corrected chi connectivity index (χ0v) is 19.3. The second-order valence-corrected chi connectivity index (χ2v) is 8.64. The molecule has 8 heteroatoms. The molecule has 2 heterocycles. The molecule has 1 aliphatic rings. The summed E-state index contributed by atoms with van der Waals surface area (Å²) in [5, 5.41) is 11.7. The fourth-order valence-corrected chi connectivity index (χ4v) is 4.30. The molecule has 1 unspecified atom stereocenters. The minimum atomic E-state index is -0.857. The van der Waals surface area contributed by atoms with E-state index >= 15 is 0 Å². The van der Waals surface area contributed by atoms with Crippen LogP contribution < -0.4 is 5.32 Å². The first kappa shape index (κ1) is 23.2. The molecule has 0 spiro atoms. The highest BCUT2D eigenvalue weighted by atomic mass is 19.1. The van der Waals surface area contributed by atoms with E-state index in [0.29, 0.717) is 35.6 Å². The number of fused-ring (bicyclic) bond motifs is 1. The van der Waals surface area contributed by atoms with Gasteiger partial charge in [-0.05, 0) is 52.9 Å². The molecule has 0 saturated carbocycles. The molecule has 180 valence electrons. The molecule has 3 aromatic carbocycles. The van der Waals surface area contributed by atoms with E-state index in [2.05, 4.69) is 10.3 Å². The highest BCUT2D eigenvalue weighted by Crippen LogP contribution is 2.36. The van der Waals surface area contributed by atoms with Crippen molar-refractivity contribution < 1.29 is 19.1 Å². The number of carbonyl (C=O) groups is 2. The minimum absolute atomic E-state index is 0.0374. The number of rotatable bonds is 8. The number of halogens is 1. The number of nitrogens with zero attached hydrogens (tertiary/aromatic N) is 3. The molecule has 0 fully saturated rings. The lowest BCUT2D eigenvalue weighted by Crippen LogP contribution is -2.22. The van der Waals surface area contributed by atoms with E-state index in [1.165, 1.54) is 12.1 Å². The predicted octanol–water partition coefficient (Wildman–Crippen LogP) is 4.94. The predicted molar refractivity (Wildman–Crippen MR) is 134 cm³/mol. The van der Waals surface area contributed by atoms with Gasteiger partial charge in [-0.2, -0.15) is 0 Å². The third-order valence-electron chi connectivity index (χ3n) is 6.11. The van der Waals surface area contributed by atoms with Crippen molar-refractivity contribution in [1.29, 1.82) is 0 Å². The second-order valence-electron chi connectivity index (χ2n) is 8.64. The van der Waals surface area contributed by atoms with Gasteiger partial charge in [0.05, 0.1) is 17.7 Å². The molecule has 36 heavy (non-hydrogen) atoms. The average Bonchev–Trinajstić information content (AvgIpc) is 3.49. The maximum atomic E-state index is 13.8. The summed E-state index contributed by atoms with van der Waals surface area (Å²) in [6.07, 6.45) is 5.82. The Morgan fingerprint density at radius 3 is 2.50 bits per heavy atom. The number of aliphatic carboxylic acids is 1. The summed E-state index contributed by atoms with van der Waals surface area (Å²) in [5.41, 5.74) is 4.99. The van der Waals surface area contributed by atoms with Crippen LogP contribution in [-0.2, 0) is 22.6 Å². The van der Waals surface area contributed by atoms with Crippen LogP contribution in [0.5, 0.6) is 0 Å². The summed E-state index contributed by atoms with van der Waals surface area (Å²) in [6, 6.07) is 19.4. The third-order valence-corrected chi connectivity index (χ3v) is 6.11. The molecule has 0 radical (unpaired) electrons. The quantitative estimate of drug-likeness (QED) is 0.348. The summed E-state index contributed by atoms with van der Waals surface area (Å²) in [7, 11) is 0. The Kier molecular flexibility index (Phi) is 6.40. The topological polar surface area (TPSA) is 96.6 Å². The van der Waals surface area contributed by atoms with Crippen molar-refractivity contribution in [3.63, 3.8) is 0 Å². The number of carboxylic acid groups (broad SMARTS) is 1. The van der Waals surface area contributed by atoms with E-state index in [1.807, 2.05) is 59.3 Å². The Morgan fingerprint density at radius 2 is 1.81 bits per heavy atom. The van der Waals surface area contributed by atoms with E-state index in [0.717, 1.165) is 16.7 Å². The first-order valence-corrected chi connectivity index (χ1v) is 11.5. The summed E-state index contributed by atoms with van der Waals surface area (Å²) in [6.45, 7) is 0.679. The Bertz CT molecular complexity index is 1430. The van der Waals surface area contributed by atoms with Crippen LogP contribution in [0, 0.1) is 5.82 Å². The largest absolute Gasteiger partial charge is 0.481 e. The fourth-order valence-electron chi connectivity index (χ4n) is 4.30. The third kappa shape index (κ3) is 5.07. The number of carboxylic acids is 1. The van der Waals surface area contributed by atoms with Gasteiger partial charge in [-0.15, -0.1) is 0 Å². The second kappa shape index (κ2) is 9.95. The molecule has 2 N–H and O–H groups in total. The van der Waals surface area contributed by atoms with Crippen LogP contribution >= 0.6 is 0 Å². The van der Waals surface area contributed by atoms with Gasteiger partial charge in [0.2, 0.25) is 5.91 Å². The smallest absolute Gasteiger partial charge is 0.303 e. The monoisotopic (exact) mass is 482 g/mol. The van der Waals surface area contributed by atoms with Crippen LogP contribution in [0.3, 0.4) is 0 Å². The van der Waals surface area contributed by atoms with Gasteiger partial charge in [0.25, 0.3) is 0 Å². The van der Waals surface area contributed by atoms with Gasteiger partial charge >= 0.3 is 5.97 Å². The molecular formula is C28H23FN4O3. The number of hydrogen-bond acceptors (Lipinski definition) is 4. The van der Waals surface area contributed by atoms with Crippen molar-refractivity contribution >= 4 is 29.0 Å². The van der Waals surface area contributed by atoms with E-state index in [-0.39, 0.29) is 12.3 Å². The van der Waals surface area contributed by atoms with Crippen molar-refractivity contribution in [3.05, 3.63) is 114 Å². The summed E-state index contributed by atoms with van der Waals surface area (Å²) < 4.78 is 15.8. The van der Waals surface area contributed by atoms with Gasteiger partial charge in [0.15, 0.2) is 0 Å². The molecule has 7 nitrogen and oxygen atoms in total. The van der Waals surface area contributed by atoms with Gasteiger partial charge in [-0.25, -0.2) is 9.37 Å². The van der Waals surface area contributed by atoms with Crippen LogP contribution in [0.25, 0.3) is 0 Å². The number of nitrogens with one attached hydrogen (secondary N) is 1. The van der Waals surface area contributed by atoms with Crippen molar-refractivity contribution in [2.45, 2.75) is 25.3 Å². The van der Waals surface area contributed by atoms with Crippen molar-refractivity contribution in [2.75, 3.05) is 5.32 Å². The maximum Gasteiger partial charge on any atom is 0.303 e. The number of hydrogen-bond donors (Lipinski definition) is 2.